The summed E-state index contributed by atoms with van der Waals surface area (Å²) < 4.78 is 12.0. The van der Waals surface area contributed by atoms with Gasteiger partial charge in [0.25, 0.3) is 0 Å². The van der Waals surface area contributed by atoms with Crippen molar-refractivity contribution in [1.82, 2.24) is 10.2 Å². The second-order valence-corrected chi connectivity index (χ2v) is 6.52. The molecule has 4 rings (SSSR count). The highest BCUT2D eigenvalue weighted by molar-refractivity contribution is 5.40. The minimum Gasteiger partial charge on any atom is -0.489 e. The number of hydrogen-bond donors (Lipinski definition) is 1. The fourth-order valence-electron chi connectivity index (χ4n) is 3.49. The van der Waals surface area contributed by atoms with Crippen LogP contribution in [-0.4, -0.2) is 31.1 Å². The third kappa shape index (κ3) is 3.82. The Morgan fingerprint density at radius 3 is 2.46 bits per heavy atom. The van der Waals surface area contributed by atoms with Crippen LogP contribution in [0.3, 0.4) is 0 Å². The van der Waals surface area contributed by atoms with E-state index in [0.717, 1.165) is 43.3 Å². The van der Waals surface area contributed by atoms with Gasteiger partial charge >= 0.3 is 0 Å². The SMILES string of the molecule is c1ccc(COc2ccccc2C(c2ccco2)N2CCNCC2)cc1. The summed E-state index contributed by atoms with van der Waals surface area (Å²) in [6.45, 7) is 4.51. The first-order chi connectivity index (χ1) is 12.9. The van der Waals surface area contributed by atoms with Crippen LogP contribution >= 0.6 is 0 Å². The zero-order valence-electron chi connectivity index (χ0n) is 14.8. The van der Waals surface area contributed by atoms with E-state index in [0.29, 0.717) is 6.61 Å². The Bertz CT molecular complexity index is 796. The standard InChI is InChI=1S/C22H24N2O2/c1-2-7-18(8-3-1)17-26-20-10-5-4-9-19(20)22(21-11-6-16-25-21)24-14-12-23-13-15-24/h1-11,16,22-23H,12-15,17H2. The molecule has 0 saturated carbocycles. The molecule has 0 aliphatic carbocycles. The van der Waals surface area contributed by atoms with E-state index in [1.54, 1.807) is 6.26 Å². The van der Waals surface area contributed by atoms with Crippen LogP contribution in [0.15, 0.2) is 77.4 Å². The van der Waals surface area contributed by atoms with Gasteiger partial charge in [-0.2, -0.15) is 0 Å². The van der Waals surface area contributed by atoms with Gasteiger partial charge in [-0.3, -0.25) is 4.90 Å². The van der Waals surface area contributed by atoms with Crippen molar-refractivity contribution in [2.24, 2.45) is 0 Å². The van der Waals surface area contributed by atoms with Crippen LogP contribution in [-0.2, 0) is 6.61 Å². The van der Waals surface area contributed by atoms with Gasteiger partial charge in [0.1, 0.15) is 18.1 Å². The molecule has 1 atom stereocenters. The molecule has 4 heteroatoms. The number of para-hydroxylation sites is 1. The molecule has 1 unspecified atom stereocenters. The second kappa shape index (κ2) is 8.21. The average Bonchev–Trinajstić information content (AvgIpc) is 3.23. The minimum absolute atomic E-state index is 0.0686. The van der Waals surface area contributed by atoms with Gasteiger partial charge in [-0.15, -0.1) is 0 Å². The summed E-state index contributed by atoms with van der Waals surface area (Å²) in [5.41, 5.74) is 2.32. The lowest BCUT2D eigenvalue weighted by atomic mass is 10.0. The molecule has 3 aromatic rings. The first-order valence-electron chi connectivity index (χ1n) is 9.15. The van der Waals surface area contributed by atoms with Crippen LogP contribution < -0.4 is 10.1 Å². The number of piperazine rings is 1. The van der Waals surface area contributed by atoms with Crippen LogP contribution in [0.1, 0.15) is 22.9 Å². The van der Waals surface area contributed by atoms with Gasteiger partial charge in [0.05, 0.1) is 12.3 Å². The Hall–Kier alpha value is -2.56. The quantitative estimate of drug-likeness (QED) is 0.734. The highest BCUT2D eigenvalue weighted by atomic mass is 16.5. The maximum Gasteiger partial charge on any atom is 0.125 e. The van der Waals surface area contributed by atoms with E-state index in [1.807, 2.05) is 30.3 Å². The summed E-state index contributed by atoms with van der Waals surface area (Å²) in [4.78, 5) is 2.46. The maximum absolute atomic E-state index is 6.21. The molecule has 1 aromatic heterocycles. The van der Waals surface area contributed by atoms with Crippen LogP contribution in [0, 0.1) is 0 Å². The Morgan fingerprint density at radius 2 is 1.69 bits per heavy atom. The smallest absolute Gasteiger partial charge is 0.125 e. The monoisotopic (exact) mass is 348 g/mol. The first-order valence-corrected chi connectivity index (χ1v) is 9.15. The molecule has 26 heavy (non-hydrogen) atoms. The fourth-order valence-corrected chi connectivity index (χ4v) is 3.49. The fraction of sp³-hybridized carbons (Fsp3) is 0.273. The number of rotatable bonds is 6. The highest BCUT2D eigenvalue weighted by Gasteiger charge is 2.28. The molecule has 0 spiro atoms. The van der Waals surface area contributed by atoms with Crippen molar-refractivity contribution in [2.75, 3.05) is 26.2 Å². The lowest BCUT2D eigenvalue weighted by Crippen LogP contribution is -2.45. The summed E-state index contributed by atoms with van der Waals surface area (Å²) in [7, 11) is 0. The molecule has 1 aliphatic heterocycles. The van der Waals surface area contributed by atoms with Crippen molar-refractivity contribution in [2.45, 2.75) is 12.6 Å². The zero-order chi connectivity index (χ0) is 17.6. The zero-order valence-corrected chi connectivity index (χ0v) is 14.8. The first kappa shape index (κ1) is 16.9. The van der Waals surface area contributed by atoms with E-state index in [-0.39, 0.29) is 6.04 Å². The van der Waals surface area contributed by atoms with Crippen molar-refractivity contribution in [1.29, 1.82) is 0 Å². The highest BCUT2D eigenvalue weighted by Crippen LogP contribution is 2.35. The molecule has 1 N–H and O–H groups in total. The van der Waals surface area contributed by atoms with E-state index < -0.39 is 0 Å². The van der Waals surface area contributed by atoms with Gasteiger partial charge in [0, 0.05) is 31.7 Å². The van der Waals surface area contributed by atoms with Crippen LogP contribution in [0.2, 0.25) is 0 Å². The van der Waals surface area contributed by atoms with Gasteiger partial charge in [-0.05, 0) is 23.8 Å². The number of nitrogens with one attached hydrogen (secondary N) is 1. The summed E-state index contributed by atoms with van der Waals surface area (Å²) in [6.07, 6.45) is 1.75. The van der Waals surface area contributed by atoms with Gasteiger partial charge < -0.3 is 14.5 Å². The van der Waals surface area contributed by atoms with Gasteiger partial charge in [-0.25, -0.2) is 0 Å². The molecule has 0 amide bonds. The third-order valence-corrected chi connectivity index (χ3v) is 4.78. The maximum atomic E-state index is 6.21. The molecular weight excluding hydrogens is 324 g/mol. The van der Waals surface area contributed by atoms with Crippen molar-refractivity contribution in [3.8, 4) is 5.75 Å². The Morgan fingerprint density at radius 1 is 0.923 bits per heavy atom. The number of hydrogen-bond acceptors (Lipinski definition) is 4. The van der Waals surface area contributed by atoms with Crippen LogP contribution in [0.25, 0.3) is 0 Å². The average molecular weight is 348 g/mol. The van der Waals surface area contributed by atoms with Crippen LogP contribution in [0.4, 0.5) is 0 Å². The van der Waals surface area contributed by atoms with E-state index in [9.17, 15) is 0 Å². The summed E-state index contributed by atoms with van der Waals surface area (Å²) in [5, 5.41) is 3.42. The molecule has 2 aromatic carbocycles. The predicted molar refractivity (Wildman–Crippen MR) is 102 cm³/mol. The topological polar surface area (TPSA) is 37.6 Å². The number of nitrogens with zero attached hydrogens (tertiary/aromatic N) is 1. The number of furan rings is 1. The van der Waals surface area contributed by atoms with Gasteiger partial charge in [0.2, 0.25) is 0 Å². The lowest BCUT2D eigenvalue weighted by Gasteiger charge is -2.34. The molecule has 0 radical (unpaired) electrons. The van der Waals surface area contributed by atoms with Crippen molar-refractivity contribution >= 4 is 0 Å². The molecule has 4 nitrogen and oxygen atoms in total. The molecule has 1 fully saturated rings. The number of benzene rings is 2. The van der Waals surface area contributed by atoms with Crippen molar-refractivity contribution in [3.05, 3.63) is 89.9 Å². The van der Waals surface area contributed by atoms with Gasteiger partial charge in [0.15, 0.2) is 0 Å². The number of ether oxygens (including phenoxy) is 1. The predicted octanol–water partition coefficient (Wildman–Crippen LogP) is 3.85. The van der Waals surface area contributed by atoms with E-state index in [1.165, 1.54) is 5.56 Å². The van der Waals surface area contributed by atoms with E-state index in [2.05, 4.69) is 46.6 Å². The molecule has 134 valence electrons. The molecule has 2 heterocycles. The summed E-state index contributed by atoms with van der Waals surface area (Å²) in [6, 6.07) is 22.7. The third-order valence-electron chi connectivity index (χ3n) is 4.78. The molecule has 1 saturated heterocycles. The second-order valence-electron chi connectivity index (χ2n) is 6.52. The Balaban J connectivity index is 1.63. The molecular formula is C22H24N2O2. The van der Waals surface area contributed by atoms with Crippen LogP contribution in [0.5, 0.6) is 5.75 Å². The van der Waals surface area contributed by atoms with Crippen molar-refractivity contribution in [3.63, 3.8) is 0 Å². The minimum atomic E-state index is 0.0686. The largest absolute Gasteiger partial charge is 0.489 e. The van der Waals surface area contributed by atoms with Crippen molar-refractivity contribution < 1.29 is 9.15 Å². The summed E-state index contributed by atoms with van der Waals surface area (Å²) >= 11 is 0. The molecule has 0 bridgehead atoms. The lowest BCUT2D eigenvalue weighted by molar-refractivity contribution is 0.175. The normalized spacial score (nSPS) is 16.3. The van der Waals surface area contributed by atoms with E-state index in [4.69, 9.17) is 9.15 Å². The summed E-state index contributed by atoms with van der Waals surface area (Å²) in [5.74, 6) is 1.87. The molecule has 1 aliphatic rings. The Kier molecular flexibility index (Phi) is 5.33. The Labute approximate surface area is 154 Å². The van der Waals surface area contributed by atoms with Gasteiger partial charge in [-0.1, -0.05) is 48.5 Å². The van der Waals surface area contributed by atoms with E-state index >= 15 is 0 Å².